The molecular formula is C24H26ClN5O3. The van der Waals surface area contributed by atoms with Gasteiger partial charge in [0.15, 0.2) is 5.69 Å². The van der Waals surface area contributed by atoms with E-state index in [4.69, 9.17) is 17.3 Å². The average Bonchev–Trinajstić information content (AvgIpc) is 3.58. The van der Waals surface area contributed by atoms with Crippen molar-refractivity contribution in [1.29, 1.82) is 0 Å². The maximum Gasteiger partial charge on any atom is 0.269 e. The number of amides is 3. The SMILES string of the molecule is CC(C1CC1)N(CC(=O)NCc1cccc(Cl)c1)C(=O)Cn1nc(C(N)=O)c2ccccc21. The molecule has 3 aromatic rings. The maximum atomic E-state index is 13.3. The molecule has 0 spiro atoms. The van der Waals surface area contributed by atoms with Gasteiger partial charge >= 0.3 is 0 Å². The molecule has 0 bridgehead atoms. The van der Waals surface area contributed by atoms with Crippen molar-refractivity contribution in [2.75, 3.05) is 6.54 Å². The first-order chi connectivity index (χ1) is 15.8. The molecule has 8 nitrogen and oxygen atoms in total. The molecule has 1 aliphatic rings. The fraction of sp³-hybridized carbons (Fsp3) is 0.333. The van der Waals surface area contributed by atoms with Gasteiger partial charge in [0.05, 0.1) is 12.1 Å². The van der Waals surface area contributed by atoms with Gasteiger partial charge in [0.1, 0.15) is 6.54 Å². The van der Waals surface area contributed by atoms with Crippen LogP contribution in [0.3, 0.4) is 0 Å². The Morgan fingerprint density at radius 1 is 1.21 bits per heavy atom. The van der Waals surface area contributed by atoms with E-state index in [0.29, 0.717) is 28.4 Å². The van der Waals surface area contributed by atoms with E-state index in [1.54, 1.807) is 35.2 Å². The van der Waals surface area contributed by atoms with Crippen LogP contribution in [-0.2, 0) is 22.7 Å². The highest BCUT2D eigenvalue weighted by Gasteiger charge is 2.35. The highest BCUT2D eigenvalue weighted by molar-refractivity contribution is 6.30. The van der Waals surface area contributed by atoms with E-state index < -0.39 is 5.91 Å². The van der Waals surface area contributed by atoms with Crippen LogP contribution in [0.4, 0.5) is 0 Å². The molecule has 2 aromatic carbocycles. The predicted octanol–water partition coefficient (Wildman–Crippen LogP) is 2.73. The van der Waals surface area contributed by atoms with Crippen molar-refractivity contribution in [2.45, 2.75) is 38.9 Å². The number of halogens is 1. The van der Waals surface area contributed by atoms with Crippen LogP contribution in [0.1, 0.15) is 35.8 Å². The number of carbonyl (C=O) groups is 3. The number of nitrogens with two attached hydrogens (primary N) is 1. The lowest BCUT2D eigenvalue weighted by Gasteiger charge is -2.29. The van der Waals surface area contributed by atoms with Crippen LogP contribution in [0.25, 0.3) is 10.9 Å². The lowest BCUT2D eigenvalue weighted by atomic mass is 10.1. The zero-order valence-electron chi connectivity index (χ0n) is 18.3. The summed E-state index contributed by atoms with van der Waals surface area (Å²) in [6.07, 6.45) is 2.07. The Balaban J connectivity index is 1.49. The number of para-hydroxylation sites is 1. The average molecular weight is 468 g/mol. The Labute approximate surface area is 196 Å². The standard InChI is InChI=1S/C24H26ClN5O3/c1-15(17-9-10-17)29(13-21(31)27-12-16-5-4-6-18(25)11-16)22(32)14-30-20-8-3-2-7-19(20)23(28-30)24(26)33/h2-8,11,15,17H,9-10,12-14H2,1H3,(H2,26,33)(H,27,31). The Kier molecular flexibility index (Phi) is 6.65. The molecule has 3 amide bonds. The summed E-state index contributed by atoms with van der Waals surface area (Å²) in [5, 5.41) is 8.34. The van der Waals surface area contributed by atoms with Gasteiger partial charge in [-0.25, -0.2) is 0 Å². The molecule has 9 heteroatoms. The van der Waals surface area contributed by atoms with Crippen molar-refractivity contribution in [1.82, 2.24) is 20.0 Å². The van der Waals surface area contributed by atoms with Crippen molar-refractivity contribution < 1.29 is 14.4 Å². The lowest BCUT2D eigenvalue weighted by molar-refractivity contribution is -0.139. The second-order valence-electron chi connectivity index (χ2n) is 8.39. The van der Waals surface area contributed by atoms with Crippen LogP contribution in [0, 0.1) is 5.92 Å². The molecule has 1 heterocycles. The summed E-state index contributed by atoms with van der Waals surface area (Å²) in [6.45, 7) is 2.15. The molecule has 33 heavy (non-hydrogen) atoms. The van der Waals surface area contributed by atoms with Gasteiger partial charge in [-0.3, -0.25) is 19.1 Å². The molecule has 1 saturated carbocycles. The molecule has 1 unspecified atom stereocenters. The Hall–Kier alpha value is -3.39. The van der Waals surface area contributed by atoms with Crippen LogP contribution in [-0.4, -0.2) is 45.0 Å². The van der Waals surface area contributed by atoms with E-state index in [1.165, 1.54) is 4.68 Å². The summed E-state index contributed by atoms with van der Waals surface area (Å²) in [4.78, 5) is 39.4. The second kappa shape index (κ2) is 9.62. The van der Waals surface area contributed by atoms with E-state index >= 15 is 0 Å². The van der Waals surface area contributed by atoms with Gasteiger partial charge in [0.2, 0.25) is 11.8 Å². The van der Waals surface area contributed by atoms with Crippen LogP contribution in [0.2, 0.25) is 5.02 Å². The van der Waals surface area contributed by atoms with E-state index in [2.05, 4.69) is 10.4 Å². The van der Waals surface area contributed by atoms with E-state index in [1.807, 2.05) is 25.1 Å². The van der Waals surface area contributed by atoms with Crippen LogP contribution < -0.4 is 11.1 Å². The number of nitrogens with zero attached hydrogens (tertiary/aromatic N) is 3. The molecule has 3 N–H and O–H groups in total. The summed E-state index contributed by atoms with van der Waals surface area (Å²) < 4.78 is 1.48. The Bertz CT molecular complexity index is 1200. The van der Waals surface area contributed by atoms with E-state index in [-0.39, 0.29) is 36.6 Å². The number of carbonyl (C=O) groups excluding carboxylic acids is 3. The minimum atomic E-state index is -0.652. The van der Waals surface area contributed by atoms with Crippen LogP contribution in [0.15, 0.2) is 48.5 Å². The number of primary amides is 1. The number of hydrogen-bond acceptors (Lipinski definition) is 4. The fourth-order valence-electron chi connectivity index (χ4n) is 4.00. The molecule has 4 rings (SSSR count). The molecule has 1 fully saturated rings. The van der Waals surface area contributed by atoms with Crippen molar-refractivity contribution in [2.24, 2.45) is 11.7 Å². The first kappa shape index (κ1) is 22.8. The van der Waals surface area contributed by atoms with Gasteiger partial charge in [-0.1, -0.05) is 41.9 Å². The topological polar surface area (TPSA) is 110 Å². The summed E-state index contributed by atoms with van der Waals surface area (Å²) in [5.41, 5.74) is 7.11. The van der Waals surface area contributed by atoms with Crippen LogP contribution in [0.5, 0.6) is 0 Å². The Morgan fingerprint density at radius 2 is 1.97 bits per heavy atom. The Morgan fingerprint density at radius 3 is 2.67 bits per heavy atom. The third-order valence-electron chi connectivity index (χ3n) is 5.99. The minimum absolute atomic E-state index is 0.0566. The monoisotopic (exact) mass is 467 g/mol. The van der Waals surface area contributed by atoms with Crippen molar-refractivity contribution in [3.05, 3.63) is 64.8 Å². The third kappa shape index (κ3) is 5.34. The first-order valence-corrected chi connectivity index (χ1v) is 11.3. The molecule has 0 aliphatic heterocycles. The zero-order chi connectivity index (χ0) is 23.5. The van der Waals surface area contributed by atoms with Gasteiger partial charge < -0.3 is 16.0 Å². The molecule has 0 radical (unpaired) electrons. The van der Waals surface area contributed by atoms with Crippen molar-refractivity contribution in [3.8, 4) is 0 Å². The van der Waals surface area contributed by atoms with Gasteiger partial charge in [0, 0.05) is 23.0 Å². The van der Waals surface area contributed by atoms with Gasteiger partial charge in [-0.2, -0.15) is 5.10 Å². The summed E-state index contributed by atoms with van der Waals surface area (Å²) in [5.74, 6) is -0.762. The van der Waals surface area contributed by atoms with Crippen molar-refractivity contribution >= 4 is 40.2 Å². The molecule has 1 aliphatic carbocycles. The van der Waals surface area contributed by atoms with E-state index in [0.717, 1.165) is 18.4 Å². The summed E-state index contributed by atoms with van der Waals surface area (Å²) in [6, 6.07) is 14.3. The second-order valence-corrected chi connectivity index (χ2v) is 8.83. The smallest absolute Gasteiger partial charge is 0.269 e. The first-order valence-electron chi connectivity index (χ1n) is 10.9. The highest BCUT2D eigenvalue weighted by Crippen LogP contribution is 2.35. The van der Waals surface area contributed by atoms with Crippen LogP contribution >= 0.6 is 11.6 Å². The van der Waals surface area contributed by atoms with Crippen molar-refractivity contribution in [3.63, 3.8) is 0 Å². The summed E-state index contributed by atoms with van der Waals surface area (Å²) in [7, 11) is 0. The predicted molar refractivity (Wildman–Crippen MR) is 125 cm³/mol. The number of benzene rings is 2. The molecule has 1 aromatic heterocycles. The number of nitrogens with one attached hydrogen (secondary N) is 1. The maximum absolute atomic E-state index is 13.3. The third-order valence-corrected chi connectivity index (χ3v) is 6.22. The molecule has 1 atom stereocenters. The lowest BCUT2D eigenvalue weighted by Crippen LogP contribution is -2.47. The highest BCUT2D eigenvalue weighted by atomic mass is 35.5. The zero-order valence-corrected chi connectivity index (χ0v) is 19.1. The number of aromatic nitrogens is 2. The quantitative estimate of drug-likeness (QED) is 0.504. The minimum Gasteiger partial charge on any atom is -0.364 e. The van der Waals surface area contributed by atoms with Gasteiger partial charge in [-0.15, -0.1) is 0 Å². The number of fused-ring (bicyclic) bond motifs is 1. The number of rotatable bonds is 9. The largest absolute Gasteiger partial charge is 0.364 e. The molecular weight excluding hydrogens is 442 g/mol. The van der Waals surface area contributed by atoms with Gasteiger partial charge in [-0.05, 0) is 49.4 Å². The normalized spacial score (nSPS) is 14.1. The van der Waals surface area contributed by atoms with E-state index in [9.17, 15) is 14.4 Å². The molecule has 172 valence electrons. The number of hydrogen-bond donors (Lipinski definition) is 2. The fourth-order valence-corrected chi connectivity index (χ4v) is 4.21. The van der Waals surface area contributed by atoms with Gasteiger partial charge in [0.25, 0.3) is 5.91 Å². The summed E-state index contributed by atoms with van der Waals surface area (Å²) >= 11 is 6.01. The molecule has 0 saturated heterocycles.